The van der Waals surface area contributed by atoms with Gasteiger partial charge in [0.05, 0.1) is 19.6 Å². The van der Waals surface area contributed by atoms with Crippen LogP contribution in [0.2, 0.25) is 0 Å². The molecule has 0 radical (unpaired) electrons. The maximum absolute atomic E-state index is 11.3. The maximum atomic E-state index is 11.3. The molecule has 0 unspecified atom stereocenters. The lowest BCUT2D eigenvalue weighted by Gasteiger charge is -2.08. The summed E-state index contributed by atoms with van der Waals surface area (Å²) in [5.41, 5.74) is -2.59. The average molecular weight is 460 g/mol. The van der Waals surface area contributed by atoms with Gasteiger partial charge in [-0.2, -0.15) is 0 Å². The molecule has 0 aliphatic carbocycles. The number of rotatable bonds is 7. The highest BCUT2D eigenvalue weighted by molar-refractivity contribution is 8.76. The Kier molecular flexibility index (Phi) is 6.82. The zero-order chi connectivity index (χ0) is 21.2. The van der Waals surface area contributed by atoms with E-state index in [0.29, 0.717) is 21.6 Å². The van der Waals surface area contributed by atoms with Crippen LogP contribution in [-0.2, 0) is 0 Å². The molecule has 10 nitrogen and oxygen atoms in total. The van der Waals surface area contributed by atoms with Crippen LogP contribution in [0.4, 0.5) is 11.4 Å². The van der Waals surface area contributed by atoms with Crippen molar-refractivity contribution in [3.63, 3.8) is 0 Å². The predicted octanol–water partition coefficient (Wildman–Crippen LogP) is 4.28. The van der Waals surface area contributed by atoms with Crippen molar-refractivity contribution in [2.75, 3.05) is 0 Å². The van der Waals surface area contributed by atoms with Gasteiger partial charge in [0.1, 0.15) is 11.1 Å². The standard InChI is InChI=1S/C14H8N2O8S4/c17-13(18)7-1-5(25)3-9(11(7)15(21)22)27-28-10-4-6(26)2-8(14(19)20)12(10)16(23)24/h1-4,25-26H,(H,17,18)(H,19,20). The summed E-state index contributed by atoms with van der Waals surface area (Å²) in [6.07, 6.45) is 0. The van der Waals surface area contributed by atoms with Crippen LogP contribution in [0.15, 0.2) is 43.8 Å². The number of carbonyl (C=O) groups is 2. The molecular weight excluding hydrogens is 452 g/mol. The van der Waals surface area contributed by atoms with E-state index in [1.165, 1.54) is 12.1 Å². The van der Waals surface area contributed by atoms with Crippen LogP contribution >= 0.6 is 46.8 Å². The summed E-state index contributed by atoms with van der Waals surface area (Å²) in [5, 5.41) is 41.0. The van der Waals surface area contributed by atoms with Gasteiger partial charge in [0.15, 0.2) is 0 Å². The highest BCUT2D eigenvalue weighted by Gasteiger charge is 2.29. The molecule has 2 rings (SSSR count). The third kappa shape index (κ3) is 4.70. The summed E-state index contributed by atoms with van der Waals surface area (Å²) >= 11 is 8.04. The van der Waals surface area contributed by atoms with Gasteiger partial charge in [-0.25, -0.2) is 9.59 Å². The van der Waals surface area contributed by atoms with E-state index in [2.05, 4.69) is 25.3 Å². The molecule has 0 aromatic heterocycles. The molecular formula is C14H8N2O8S4. The number of nitro groups is 2. The number of carboxylic acid groups (broad SMARTS) is 2. The molecule has 146 valence electrons. The minimum absolute atomic E-state index is 0.115. The first-order chi connectivity index (χ1) is 13.0. The first-order valence-electron chi connectivity index (χ1n) is 6.86. The van der Waals surface area contributed by atoms with Crippen LogP contribution in [0, 0.1) is 20.2 Å². The van der Waals surface area contributed by atoms with Crippen LogP contribution in [0.3, 0.4) is 0 Å². The lowest BCUT2D eigenvalue weighted by atomic mass is 10.2. The van der Waals surface area contributed by atoms with E-state index in [9.17, 15) is 40.0 Å². The Morgan fingerprint density at radius 1 is 0.786 bits per heavy atom. The average Bonchev–Trinajstić information content (AvgIpc) is 2.57. The monoisotopic (exact) mass is 460 g/mol. The summed E-state index contributed by atoms with van der Waals surface area (Å²) in [6.45, 7) is 0. The Balaban J connectivity index is 2.56. The number of benzene rings is 2. The van der Waals surface area contributed by atoms with Crippen molar-refractivity contribution in [3.8, 4) is 0 Å². The molecule has 0 atom stereocenters. The van der Waals surface area contributed by atoms with Gasteiger partial charge in [-0.1, -0.05) is 0 Å². The lowest BCUT2D eigenvalue weighted by Crippen LogP contribution is -2.04. The molecule has 0 bridgehead atoms. The summed E-state index contributed by atoms with van der Waals surface area (Å²) in [5.74, 6) is -3.07. The minimum Gasteiger partial charge on any atom is -0.477 e. The maximum Gasteiger partial charge on any atom is 0.342 e. The topological polar surface area (TPSA) is 161 Å². The fourth-order valence-electron chi connectivity index (χ4n) is 2.11. The molecule has 0 fully saturated rings. The van der Waals surface area contributed by atoms with E-state index in [1.807, 2.05) is 0 Å². The zero-order valence-corrected chi connectivity index (χ0v) is 16.7. The van der Waals surface area contributed by atoms with Crippen molar-refractivity contribution in [2.24, 2.45) is 0 Å². The SMILES string of the molecule is O=C(O)c1cc(S)cc(SSc2cc(S)cc(C(=O)O)c2[N+](=O)[O-])c1[N+](=O)[O-]. The number of hydrogen-bond acceptors (Lipinski definition) is 10. The van der Waals surface area contributed by atoms with E-state index in [0.717, 1.165) is 12.1 Å². The summed E-state index contributed by atoms with van der Waals surface area (Å²) < 4.78 is 0. The van der Waals surface area contributed by atoms with Crippen molar-refractivity contribution in [1.82, 2.24) is 0 Å². The van der Waals surface area contributed by atoms with Gasteiger partial charge in [0, 0.05) is 9.79 Å². The molecule has 0 amide bonds. The second kappa shape index (κ2) is 8.72. The smallest absolute Gasteiger partial charge is 0.342 e. The van der Waals surface area contributed by atoms with Crippen LogP contribution in [-0.4, -0.2) is 32.0 Å². The quantitative estimate of drug-likeness (QED) is 0.203. The Hall–Kier alpha value is -2.42. The molecule has 0 saturated heterocycles. The van der Waals surface area contributed by atoms with Crippen LogP contribution in [0.5, 0.6) is 0 Å². The number of nitrogens with zero attached hydrogens (tertiary/aromatic N) is 2. The number of nitro benzene ring substituents is 2. The molecule has 2 aromatic rings. The lowest BCUT2D eigenvalue weighted by molar-refractivity contribution is -0.388. The van der Waals surface area contributed by atoms with E-state index >= 15 is 0 Å². The summed E-state index contributed by atoms with van der Waals surface area (Å²) in [6, 6.07) is 4.49. The fraction of sp³-hybridized carbons (Fsp3) is 0. The highest BCUT2D eigenvalue weighted by atomic mass is 33.1. The molecule has 28 heavy (non-hydrogen) atoms. The number of aromatic carboxylic acids is 2. The summed E-state index contributed by atoms with van der Waals surface area (Å²) in [4.78, 5) is 43.5. The fourth-order valence-corrected chi connectivity index (χ4v) is 5.15. The molecule has 0 spiro atoms. The van der Waals surface area contributed by atoms with Gasteiger partial charge in [-0.3, -0.25) is 20.2 Å². The largest absolute Gasteiger partial charge is 0.477 e. The molecule has 0 saturated carbocycles. The molecule has 2 aromatic carbocycles. The van der Waals surface area contributed by atoms with Gasteiger partial charge >= 0.3 is 11.9 Å². The van der Waals surface area contributed by atoms with Crippen molar-refractivity contribution < 1.29 is 29.6 Å². The Morgan fingerprint density at radius 2 is 1.11 bits per heavy atom. The second-order valence-corrected chi connectivity index (χ2v) is 8.22. The Bertz CT molecular complexity index is 945. The Labute approximate surface area is 174 Å². The van der Waals surface area contributed by atoms with E-state index in [-0.39, 0.29) is 19.6 Å². The van der Waals surface area contributed by atoms with Gasteiger partial charge < -0.3 is 10.2 Å². The second-order valence-electron chi connectivity index (χ2n) is 4.97. The van der Waals surface area contributed by atoms with Crippen molar-refractivity contribution >= 4 is 70.2 Å². The van der Waals surface area contributed by atoms with Gasteiger partial charge in [0.2, 0.25) is 0 Å². The van der Waals surface area contributed by atoms with Crippen LogP contribution in [0.25, 0.3) is 0 Å². The van der Waals surface area contributed by atoms with E-state index in [4.69, 9.17) is 0 Å². The van der Waals surface area contributed by atoms with Crippen molar-refractivity contribution in [3.05, 3.63) is 55.6 Å². The zero-order valence-electron chi connectivity index (χ0n) is 13.3. The number of hydrogen-bond donors (Lipinski definition) is 4. The number of carboxylic acids is 2. The van der Waals surface area contributed by atoms with Gasteiger partial charge in [-0.05, 0) is 45.9 Å². The normalized spacial score (nSPS) is 10.5. The molecule has 0 aliphatic rings. The first kappa shape index (κ1) is 21.9. The van der Waals surface area contributed by atoms with Crippen molar-refractivity contribution in [1.29, 1.82) is 0 Å². The molecule has 14 heteroatoms. The predicted molar refractivity (Wildman–Crippen MR) is 106 cm³/mol. The number of thiol groups is 2. The molecule has 0 aliphatic heterocycles. The highest BCUT2D eigenvalue weighted by Crippen LogP contribution is 2.47. The van der Waals surface area contributed by atoms with Crippen LogP contribution < -0.4 is 0 Å². The van der Waals surface area contributed by atoms with Crippen molar-refractivity contribution in [2.45, 2.75) is 19.6 Å². The van der Waals surface area contributed by atoms with Crippen LogP contribution in [0.1, 0.15) is 20.7 Å². The van der Waals surface area contributed by atoms with E-state index < -0.39 is 44.3 Å². The van der Waals surface area contributed by atoms with E-state index in [1.54, 1.807) is 0 Å². The van der Waals surface area contributed by atoms with Gasteiger partial charge in [-0.15, -0.1) is 25.3 Å². The minimum atomic E-state index is -1.54. The third-order valence-corrected chi connectivity index (χ3v) is 6.08. The Morgan fingerprint density at radius 3 is 1.36 bits per heavy atom. The third-order valence-electron chi connectivity index (χ3n) is 3.17. The van der Waals surface area contributed by atoms with Gasteiger partial charge in [0.25, 0.3) is 11.4 Å². The first-order valence-corrected chi connectivity index (χ1v) is 9.91. The summed E-state index contributed by atoms with van der Waals surface area (Å²) in [7, 11) is 1.33. The molecule has 2 N–H and O–H groups in total. The molecule has 0 heterocycles.